The van der Waals surface area contributed by atoms with Crippen LogP contribution in [0.3, 0.4) is 0 Å². The first-order chi connectivity index (χ1) is 11.7. The van der Waals surface area contributed by atoms with Gasteiger partial charge in [-0.25, -0.2) is 4.39 Å². The SMILES string of the molecule is O=C(c1cccc(OCc2cccnc2)c1)N1C[C@@H](F)C[C@H]1CO. The molecule has 1 aliphatic rings. The molecule has 5 nitrogen and oxygen atoms in total. The van der Waals surface area contributed by atoms with E-state index in [1.807, 2.05) is 12.1 Å². The molecule has 3 rings (SSSR count). The molecule has 0 unspecified atom stereocenters. The number of aliphatic hydroxyl groups excluding tert-OH is 1. The Morgan fingerprint density at radius 2 is 2.25 bits per heavy atom. The van der Waals surface area contributed by atoms with Gasteiger partial charge in [0.25, 0.3) is 5.91 Å². The number of amides is 1. The quantitative estimate of drug-likeness (QED) is 0.913. The summed E-state index contributed by atoms with van der Waals surface area (Å²) in [5.74, 6) is 0.266. The highest BCUT2D eigenvalue weighted by molar-refractivity contribution is 5.95. The molecule has 2 aromatic rings. The van der Waals surface area contributed by atoms with Crippen molar-refractivity contribution in [1.29, 1.82) is 0 Å². The van der Waals surface area contributed by atoms with E-state index in [0.29, 0.717) is 17.9 Å². The second-order valence-electron chi connectivity index (χ2n) is 5.80. The van der Waals surface area contributed by atoms with Crippen LogP contribution in [0, 0.1) is 0 Å². The lowest BCUT2D eigenvalue weighted by atomic mass is 10.1. The second-order valence-corrected chi connectivity index (χ2v) is 5.80. The predicted molar refractivity (Wildman–Crippen MR) is 86.4 cm³/mol. The standard InChI is InChI=1S/C18H19FN2O3/c19-15-8-16(11-22)21(10-15)18(23)14-4-1-5-17(7-14)24-12-13-3-2-6-20-9-13/h1-7,9,15-16,22H,8,10-12H2/t15-,16-/m0/s1. The number of carbonyl (C=O) groups excluding carboxylic acids is 1. The zero-order valence-corrected chi connectivity index (χ0v) is 13.1. The molecular formula is C18H19FN2O3. The molecule has 1 fully saturated rings. The largest absolute Gasteiger partial charge is 0.489 e. The molecule has 1 aromatic carbocycles. The molecule has 0 saturated carbocycles. The Bertz CT molecular complexity index is 696. The number of hydrogen-bond acceptors (Lipinski definition) is 4. The Hall–Kier alpha value is -2.47. The van der Waals surface area contributed by atoms with E-state index in [1.54, 1.807) is 36.7 Å². The Kier molecular flexibility index (Phi) is 5.05. The average Bonchev–Trinajstić information content (AvgIpc) is 3.01. The van der Waals surface area contributed by atoms with E-state index in [4.69, 9.17) is 4.74 Å². The van der Waals surface area contributed by atoms with Gasteiger partial charge in [0, 0.05) is 29.9 Å². The van der Waals surface area contributed by atoms with Crippen LogP contribution >= 0.6 is 0 Å². The predicted octanol–water partition coefficient (Wildman–Crippen LogP) is 2.21. The lowest BCUT2D eigenvalue weighted by Gasteiger charge is -2.22. The van der Waals surface area contributed by atoms with Crippen molar-refractivity contribution < 1.29 is 19.0 Å². The highest BCUT2D eigenvalue weighted by Gasteiger charge is 2.35. The molecule has 1 aromatic heterocycles. The van der Waals surface area contributed by atoms with Crippen molar-refractivity contribution in [1.82, 2.24) is 9.88 Å². The molecule has 0 radical (unpaired) electrons. The number of aliphatic hydroxyl groups is 1. The van der Waals surface area contributed by atoms with Gasteiger partial charge in [-0.2, -0.15) is 0 Å². The van der Waals surface area contributed by atoms with Crippen LogP contribution in [0.25, 0.3) is 0 Å². The van der Waals surface area contributed by atoms with E-state index < -0.39 is 12.2 Å². The van der Waals surface area contributed by atoms with Crippen LogP contribution in [-0.4, -0.2) is 46.3 Å². The fraction of sp³-hybridized carbons (Fsp3) is 0.333. The molecule has 0 aliphatic carbocycles. The smallest absolute Gasteiger partial charge is 0.254 e. The minimum Gasteiger partial charge on any atom is -0.489 e. The first-order valence-electron chi connectivity index (χ1n) is 7.85. The Morgan fingerprint density at radius 3 is 3.00 bits per heavy atom. The van der Waals surface area contributed by atoms with Crippen molar-refractivity contribution in [3.8, 4) is 5.75 Å². The van der Waals surface area contributed by atoms with Gasteiger partial charge in [-0.05, 0) is 24.3 Å². The normalized spacial score (nSPS) is 20.2. The monoisotopic (exact) mass is 330 g/mol. The van der Waals surface area contributed by atoms with Crippen LogP contribution in [0.1, 0.15) is 22.3 Å². The van der Waals surface area contributed by atoms with Gasteiger partial charge in [0.15, 0.2) is 0 Å². The van der Waals surface area contributed by atoms with E-state index in [-0.39, 0.29) is 25.5 Å². The molecule has 0 spiro atoms. The van der Waals surface area contributed by atoms with Gasteiger partial charge in [-0.15, -0.1) is 0 Å². The Balaban J connectivity index is 1.69. The Morgan fingerprint density at radius 1 is 1.38 bits per heavy atom. The maximum atomic E-state index is 13.5. The highest BCUT2D eigenvalue weighted by atomic mass is 19.1. The number of halogens is 1. The minimum absolute atomic E-state index is 0.0187. The van der Waals surface area contributed by atoms with Crippen LogP contribution in [0.5, 0.6) is 5.75 Å². The molecule has 2 heterocycles. The third kappa shape index (κ3) is 3.71. The zero-order chi connectivity index (χ0) is 16.9. The van der Waals surface area contributed by atoms with E-state index in [9.17, 15) is 14.3 Å². The van der Waals surface area contributed by atoms with Gasteiger partial charge >= 0.3 is 0 Å². The van der Waals surface area contributed by atoms with E-state index in [1.165, 1.54) is 4.90 Å². The fourth-order valence-electron chi connectivity index (χ4n) is 2.82. The van der Waals surface area contributed by atoms with E-state index in [0.717, 1.165) is 5.56 Å². The maximum Gasteiger partial charge on any atom is 0.254 e. The number of rotatable bonds is 5. The zero-order valence-electron chi connectivity index (χ0n) is 13.1. The molecule has 2 atom stereocenters. The van der Waals surface area contributed by atoms with Crippen LogP contribution in [0.2, 0.25) is 0 Å². The lowest BCUT2D eigenvalue weighted by Crippen LogP contribution is -2.37. The third-order valence-electron chi connectivity index (χ3n) is 4.04. The third-order valence-corrected chi connectivity index (χ3v) is 4.04. The van der Waals surface area contributed by atoms with Crippen molar-refractivity contribution in [2.24, 2.45) is 0 Å². The first kappa shape index (κ1) is 16.4. The number of likely N-dealkylation sites (tertiary alicyclic amines) is 1. The van der Waals surface area contributed by atoms with Crippen LogP contribution in [0.15, 0.2) is 48.8 Å². The lowest BCUT2D eigenvalue weighted by molar-refractivity contribution is 0.0672. The molecule has 126 valence electrons. The van der Waals surface area contributed by atoms with Crippen molar-refractivity contribution in [2.75, 3.05) is 13.2 Å². The number of pyridine rings is 1. The number of hydrogen-bond donors (Lipinski definition) is 1. The van der Waals surface area contributed by atoms with Gasteiger partial charge in [0.1, 0.15) is 18.5 Å². The molecule has 6 heteroatoms. The van der Waals surface area contributed by atoms with Gasteiger partial charge < -0.3 is 14.7 Å². The summed E-state index contributed by atoms with van der Waals surface area (Å²) >= 11 is 0. The molecule has 24 heavy (non-hydrogen) atoms. The van der Waals surface area contributed by atoms with Crippen LogP contribution < -0.4 is 4.74 Å². The average molecular weight is 330 g/mol. The molecular weight excluding hydrogens is 311 g/mol. The van der Waals surface area contributed by atoms with Gasteiger partial charge in [-0.3, -0.25) is 9.78 Å². The molecule has 1 amide bonds. The number of alkyl halides is 1. The number of benzene rings is 1. The van der Waals surface area contributed by atoms with Crippen molar-refractivity contribution in [3.63, 3.8) is 0 Å². The van der Waals surface area contributed by atoms with Gasteiger partial charge in [0.2, 0.25) is 0 Å². The maximum absolute atomic E-state index is 13.5. The van der Waals surface area contributed by atoms with Crippen LogP contribution in [-0.2, 0) is 6.61 Å². The van der Waals surface area contributed by atoms with E-state index in [2.05, 4.69) is 4.98 Å². The van der Waals surface area contributed by atoms with Crippen LogP contribution in [0.4, 0.5) is 4.39 Å². The number of ether oxygens (including phenoxy) is 1. The highest BCUT2D eigenvalue weighted by Crippen LogP contribution is 2.24. The summed E-state index contributed by atoms with van der Waals surface area (Å²) in [6.07, 6.45) is 2.50. The van der Waals surface area contributed by atoms with Crippen molar-refractivity contribution in [3.05, 3.63) is 59.9 Å². The van der Waals surface area contributed by atoms with Gasteiger partial charge in [-0.1, -0.05) is 12.1 Å². The summed E-state index contributed by atoms with van der Waals surface area (Å²) in [7, 11) is 0. The van der Waals surface area contributed by atoms with Crippen molar-refractivity contribution in [2.45, 2.75) is 25.2 Å². The fourth-order valence-corrected chi connectivity index (χ4v) is 2.82. The summed E-state index contributed by atoms with van der Waals surface area (Å²) in [4.78, 5) is 18.0. The summed E-state index contributed by atoms with van der Waals surface area (Å²) in [5, 5.41) is 9.32. The topological polar surface area (TPSA) is 62.7 Å². The Labute approximate surface area is 139 Å². The first-order valence-corrected chi connectivity index (χ1v) is 7.85. The minimum atomic E-state index is -1.09. The summed E-state index contributed by atoms with van der Waals surface area (Å²) < 4.78 is 19.2. The van der Waals surface area contributed by atoms with Gasteiger partial charge in [0.05, 0.1) is 19.2 Å². The van der Waals surface area contributed by atoms with Crippen molar-refractivity contribution >= 4 is 5.91 Å². The summed E-state index contributed by atoms with van der Waals surface area (Å²) in [6.45, 7) is 0.134. The molecule has 1 N–H and O–H groups in total. The number of carbonyl (C=O) groups is 1. The number of aromatic nitrogens is 1. The summed E-state index contributed by atoms with van der Waals surface area (Å²) in [5.41, 5.74) is 1.35. The molecule has 0 bridgehead atoms. The molecule has 1 saturated heterocycles. The summed E-state index contributed by atoms with van der Waals surface area (Å²) in [6, 6.07) is 10.1. The molecule has 1 aliphatic heterocycles. The number of nitrogens with zero attached hydrogens (tertiary/aromatic N) is 2. The second kappa shape index (κ2) is 7.40. The van der Waals surface area contributed by atoms with E-state index >= 15 is 0 Å².